The van der Waals surface area contributed by atoms with E-state index < -0.39 is 0 Å². The van der Waals surface area contributed by atoms with Gasteiger partial charge in [-0.05, 0) is 45.7 Å². The predicted octanol–water partition coefficient (Wildman–Crippen LogP) is 8.49. The van der Waals surface area contributed by atoms with E-state index in [9.17, 15) is 0 Å². The zero-order chi connectivity index (χ0) is 21.5. The van der Waals surface area contributed by atoms with E-state index in [0.717, 1.165) is 5.69 Å². The normalized spacial score (nSPS) is 12.8. The Hall–Kier alpha value is -4.43. The summed E-state index contributed by atoms with van der Waals surface area (Å²) in [6.07, 6.45) is 1.93. The lowest BCUT2D eigenvalue weighted by Crippen LogP contribution is -2.18. The van der Waals surface area contributed by atoms with E-state index in [-0.39, 0.29) is 0 Å². The molecule has 0 N–H and O–H groups in total. The molecule has 2 aliphatic rings. The summed E-state index contributed by atoms with van der Waals surface area (Å²) in [6.45, 7) is 0. The van der Waals surface area contributed by atoms with Gasteiger partial charge in [-0.15, -0.1) is 0 Å². The van der Waals surface area contributed by atoms with Gasteiger partial charge in [0.05, 0.1) is 22.8 Å². The van der Waals surface area contributed by atoms with Gasteiger partial charge in [0.25, 0.3) is 0 Å². The van der Waals surface area contributed by atoms with Crippen LogP contribution in [0.2, 0.25) is 0 Å². The second-order valence-corrected chi connectivity index (χ2v) is 8.80. The summed E-state index contributed by atoms with van der Waals surface area (Å²) in [5.74, 6) is 0. The van der Waals surface area contributed by atoms with Crippen LogP contribution in [0.1, 0.15) is 0 Å². The van der Waals surface area contributed by atoms with Crippen molar-refractivity contribution in [2.45, 2.75) is 0 Å². The number of anilines is 3. The Bertz CT molecular complexity index is 1780. The maximum Gasteiger partial charge on any atom is 0.0822 e. The number of rotatable bonds is 0. The lowest BCUT2D eigenvalue weighted by atomic mass is 9.84. The van der Waals surface area contributed by atoms with E-state index in [2.05, 4.69) is 108 Å². The molecule has 33 heavy (non-hydrogen) atoms. The van der Waals surface area contributed by atoms with Crippen LogP contribution in [0.5, 0.6) is 0 Å². The zero-order valence-electron chi connectivity index (χ0n) is 17.8. The Morgan fingerprint density at radius 1 is 0.455 bits per heavy atom. The highest BCUT2D eigenvalue weighted by Crippen LogP contribution is 2.57. The van der Waals surface area contributed by atoms with Gasteiger partial charge in [-0.2, -0.15) is 0 Å². The predicted molar refractivity (Wildman–Crippen MR) is 137 cm³/mol. The van der Waals surface area contributed by atoms with Gasteiger partial charge in [0.1, 0.15) is 0 Å². The molecule has 0 radical (unpaired) electrons. The molecule has 0 fully saturated rings. The first-order chi connectivity index (χ1) is 16.4. The fourth-order valence-electron chi connectivity index (χ4n) is 5.83. The molecule has 0 saturated heterocycles. The van der Waals surface area contributed by atoms with E-state index in [1.165, 1.54) is 66.4 Å². The maximum absolute atomic E-state index is 4.89. The fraction of sp³-hybridized carbons (Fsp3) is 0. The summed E-state index contributed by atoms with van der Waals surface area (Å²) >= 11 is 0. The largest absolute Gasteiger partial charge is 0.308 e. The van der Waals surface area contributed by atoms with Crippen molar-refractivity contribution in [3.63, 3.8) is 0 Å². The van der Waals surface area contributed by atoms with Crippen molar-refractivity contribution in [1.82, 2.24) is 4.98 Å². The number of pyridine rings is 1. The first-order valence-electron chi connectivity index (χ1n) is 11.3. The minimum Gasteiger partial charge on any atom is -0.308 e. The Morgan fingerprint density at radius 3 is 2.00 bits per heavy atom. The minimum absolute atomic E-state index is 1.06. The molecule has 3 heterocycles. The molecule has 1 aromatic heterocycles. The van der Waals surface area contributed by atoms with Crippen LogP contribution < -0.4 is 4.90 Å². The van der Waals surface area contributed by atoms with Gasteiger partial charge < -0.3 is 4.90 Å². The average molecular weight is 418 g/mol. The van der Waals surface area contributed by atoms with Gasteiger partial charge in [0, 0.05) is 28.1 Å². The second kappa shape index (κ2) is 6.08. The van der Waals surface area contributed by atoms with Crippen LogP contribution in [0, 0.1) is 0 Å². The van der Waals surface area contributed by atoms with E-state index in [1.807, 2.05) is 6.20 Å². The highest BCUT2D eigenvalue weighted by Gasteiger charge is 2.32. The Balaban J connectivity index is 1.69. The summed E-state index contributed by atoms with van der Waals surface area (Å²) in [7, 11) is 0. The van der Waals surface area contributed by atoms with Crippen molar-refractivity contribution in [3.8, 4) is 33.5 Å². The average Bonchev–Trinajstić information content (AvgIpc) is 2.88. The van der Waals surface area contributed by atoms with Crippen LogP contribution in [0.15, 0.2) is 109 Å². The quantitative estimate of drug-likeness (QED) is 0.245. The first kappa shape index (κ1) is 17.2. The van der Waals surface area contributed by atoms with E-state index in [4.69, 9.17) is 4.98 Å². The van der Waals surface area contributed by atoms with Crippen LogP contribution in [0.3, 0.4) is 0 Å². The van der Waals surface area contributed by atoms with E-state index >= 15 is 0 Å². The number of para-hydroxylation sites is 1. The minimum atomic E-state index is 1.06. The van der Waals surface area contributed by atoms with Crippen LogP contribution in [0.25, 0.3) is 55.1 Å². The number of benzene rings is 5. The zero-order valence-corrected chi connectivity index (χ0v) is 17.8. The molecular weight excluding hydrogens is 400 g/mol. The van der Waals surface area contributed by atoms with Gasteiger partial charge >= 0.3 is 0 Å². The number of hydrogen-bond acceptors (Lipinski definition) is 2. The van der Waals surface area contributed by atoms with Gasteiger partial charge in [-0.3, -0.25) is 4.98 Å². The molecule has 5 aromatic carbocycles. The standard InChI is InChI=1S/C31H18N2/c1-2-10-22-21(9-1)23-12-5-7-19-8-6-14-27(28(19)23)33-26-13-4-3-11-25(26)30-29-20(17-18-32-30)15-16-24(22)31(29)33/h1-18H. The summed E-state index contributed by atoms with van der Waals surface area (Å²) in [6, 6.07) is 37.5. The van der Waals surface area contributed by atoms with Crippen LogP contribution >= 0.6 is 0 Å². The van der Waals surface area contributed by atoms with Crippen LogP contribution in [-0.2, 0) is 0 Å². The number of fused-ring (bicyclic) bond motifs is 7. The summed E-state index contributed by atoms with van der Waals surface area (Å²) in [5.41, 5.74) is 10.9. The molecule has 0 bridgehead atoms. The number of nitrogens with zero attached hydrogens (tertiary/aromatic N) is 2. The molecule has 2 nitrogen and oxygen atoms in total. The molecule has 0 saturated carbocycles. The molecule has 6 aromatic rings. The Kier molecular flexibility index (Phi) is 3.16. The lowest BCUT2D eigenvalue weighted by molar-refractivity contribution is 1.26. The molecule has 152 valence electrons. The molecule has 2 aliphatic heterocycles. The van der Waals surface area contributed by atoms with Gasteiger partial charge in [-0.25, -0.2) is 0 Å². The second-order valence-electron chi connectivity index (χ2n) is 8.80. The first-order valence-corrected chi connectivity index (χ1v) is 11.3. The van der Waals surface area contributed by atoms with Crippen LogP contribution in [-0.4, -0.2) is 4.98 Å². The van der Waals surface area contributed by atoms with Crippen molar-refractivity contribution in [3.05, 3.63) is 109 Å². The van der Waals surface area contributed by atoms with E-state index in [0.29, 0.717) is 0 Å². The topological polar surface area (TPSA) is 16.1 Å². The molecule has 0 aliphatic carbocycles. The smallest absolute Gasteiger partial charge is 0.0822 e. The lowest BCUT2D eigenvalue weighted by Gasteiger charge is -2.37. The fourth-order valence-corrected chi connectivity index (χ4v) is 5.83. The summed E-state index contributed by atoms with van der Waals surface area (Å²) < 4.78 is 0. The molecule has 2 heteroatoms. The SMILES string of the molecule is c1ccc2c(c1)-c1ccc3ccnc4c3c1N(c1ccccc1-4)c1cccc3cccc-2c13. The van der Waals surface area contributed by atoms with Gasteiger partial charge in [0.15, 0.2) is 0 Å². The molecule has 0 unspecified atom stereocenters. The van der Waals surface area contributed by atoms with Crippen molar-refractivity contribution >= 4 is 38.6 Å². The van der Waals surface area contributed by atoms with Crippen molar-refractivity contribution in [1.29, 1.82) is 0 Å². The Labute approximate surface area is 191 Å². The highest BCUT2D eigenvalue weighted by molar-refractivity contribution is 6.21. The summed E-state index contributed by atoms with van der Waals surface area (Å²) in [5, 5.41) is 4.98. The molecule has 8 rings (SSSR count). The molecule has 0 amide bonds. The summed E-state index contributed by atoms with van der Waals surface area (Å²) in [4.78, 5) is 7.37. The molecule has 0 atom stereocenters. The van der Waals surface area contributed by atoms with Gasteiger partial charge in [0.2, 0.25) is 0 Å². The number of hydrogen-bond donors (Lipinski definition) is 0. The van der Waals surface area contributed by atoms with Crippen molar-refractivity contribution < 1.29 is 0 Å². The van der Waals surface area contributed by atoms with E-state index in [1.54, 1.807) is 0 Å². The molecular formula is C31H18N2. The Morgan fingerprint density at radius 2 is 1.12 bits per heavy atom. The van der Waals surface area contributed by atoms with Crippen LogP contribution in [0.4, 0.5) is 17.1 Å². The number of aromatic nitrogens is 1. The highest BCUT2D eigenvalue weighted by atomic mass is 15.2. The van der Waals surface area contributed by atoms with Crippen molar-refractivity contribution in [2.24, 2.45) is 0 Å². The monoisotopic (exact) mass is 418 g/mol. The third-order valence-electron chi connectivity index (χ3n) is 7.16. The third kappa shape index (κ3) is 2.10. The van der Waals surface area contributed by atoms with Crippen molar-refractivity contribution in [2.75, 3.05) is 4.90 Å². The third-order valence-corrected chi connectivity index (χ3v) is 7.16. The molecule has 0 spiro atoms. The van der Waals surface area contributed by atoms with Gasteiger partial charge in [-0.1, -0.05) is 84.9 Å². The maximum atomic E-state index is 4.89.